The van der Waals surface area contributed by atoms with Gasteiger partial charge in [-0.25, -0.2) is 0 Å². The normalized spacial score (nSPS) is 10.7. The second kappa shape index (κ2) is 9.71. The number of benzene rings is 4. The van der Waals surface area contributed by atoms with Crippen molar-refractivity contribution in [1.82, 2.24) is 0 Å². The summed E-state index contributed by atoms with van der Waals surface area (Å²) in [5, 5.41) is 8.01. The Labute approximate surface area is 192 Å². The predicted molar refractivity (Wildman–Crippen MR) is 134 cm³/mol. The summed E-state index contributed by atoms with van der Waals surface area (Å²) < 4.78 is 0. The molecule has 0 heterocycles. The van der Waals surface area contributed by atoms with Gasteiger partial charge in [0.1, 0.15) is 0 Å². The van der Waals surface area contributed by atoms with Crippen LogP contribution in [0.2, 0.25) is 0 Å². The van der Waals surface area contributed by atoms with Gasteiger partial charge >= 0.3 is 0 Å². The van der Waals surface area contributed by atoms with Gasteiger partial charge in [-0.05, 0) is 78.2 Å². The first-order valence-corrected chi connectivity index (χ1v) is 11.4. The van der Waals surface area contributed by atoms with E-state index in [9.17, 15) is 9.59 Å². The highest BCUT2D eigenvalue weighted by atomic mass is 32.2. The molecule has 0 bridgehead atoms. The monoisotopic (exact) mass is 440 g/mol. The van der Waals surface area contributed by atoms with E-state index in [1.165, 1.54) is 17.3 Å². The Hall–Kier alpha value is -3.57. The first-order chi connectivity index (χ1) is 15.5. The summed E-state index contributed by atoms with van der Waals surface area (Å²) in [6.07, 6.45) is 0. The number of carbonyl (C=O) groups excluding carboxylic acids is 2. The van der Waals surface area contributed by atoms with Crippen LogP contribution < -0.4 is 10.6 Å². The molecule has 160 valence electrons. The summed E-state index contributed by atoms with van der Waals surface area (Å²) in [6.45, 7) is 4.07. The molecule has 4 rings (SSSR count). The Kier molecular flexibility index (Phi) is 6.57. The maximum Gasteiger partial charge on any atom is 0.255 e. The Morgan fingerprint density at radius 2 is 1.50 bits per heavy atom. The molecule has 0 saturated carbocycles. The molecule has 0 spiro atoms. The maximum atomic E-state index is 12.7. The van der Waals surface area contributed by atoms with Crippen molar-refractivity contribution in [2.75, 3.05) is 16.4 Å². The quantitative estimate of drug-likeness (QED) is 0.339. The number of hydrogen-bond acceptors (Lipinski definition) is 3. The third kappa shape index (κ3) is 5.37. The maximum absolute atomic E-state index is 12.7. The number of rotatable bonds is 6. The average molecular weight is 441 g/mol. The van der Waals surface area contributed by atoms with Crippen LogP contribution in [0.5, 0.6) is 0 Å². The zero-order valence-electron chi connectivity index (χ0n) is 18.0. The Bertz CT molecular complexity index is 1300. The van der Waals surface area contributed by atoms with Crippen LogP contribution in [-0.2, 0) is 4.79 Å². The van der Waals surface area contributed by atoms with E-state index >= 15 is 0 Å². The fourth-order valence-corrected chi connectivity index (χ4v) is 4.12. The van der Waals surface area contributed by atoms with Crippen LogP contribution in [0.25, 0.3) is 10.8 Å². The zero-order chi connectivity index (χ0) is 22.5. The van der Waals surface area contributed by atoms with Gasteiger partial charge in [0.25, 0.3) is 5.91 Å². The molecule has 0 fully saturated rings. The lowest BCUT2D eigenvalue weighted by Crippen LogP contribution is -2.14. The number of amides is 2. The first-order valence-electron chi connectivity index (χ1n) is 10.4. The smallest absolute Gasteiger partial charge is 0.255 e. The molecule has 0 aliphatic carbocycles. The van der Waals surface area contributed by atoms with E-state index < -0.39 is 0 Å². The van der Waals surface area contributed by atoms with Crippen molar-refractivity contribution >= 4 is 45.7 Å². The molecule has 0 saturated heterocycles. The Morgan fingerprint density at radius 1 is 0.719 bits per heavy atom. The fourth-order valence-electron chi connectivity index (χ4n) is 3.36. The minimum absolute atomic E-state index is 0.0659. The second-order valence-corrected chi connectivity index (χ2v) is 8.73. The summed E-state index contributed by atoms with van der Waals surface area (Å²) in [5.74, 6) is 0.0592. The highest BCUT2D eigenvalue weighted by Crippen LogP contribution is 2.23. The molecule has 4 aromatic rings. The molecule has 4 aromatic carbocycles. The number of fused-ring (bicyclic) bond motifs is 1. The molecule has 0 atom stereocenters. The van der Waals surface area contributed by atoms with E-state index in [-0.39, 0.29) is 17.6 Å². The molecule has 2 N–H and O–H groups in total. The second-order valence-electron chi connectivity index (χ2n) is 7.68. The number of anilines is 2. The molecule has 0 aliphatic rings. The highest BCUT2D eigenvalue weighted by Gasteiger charge is 2.09. The van der Waals surface area contributed by atoms with Crippen molar-refractivity contribution in [3.8, 4) is 0 Å². The van der Waals surface area contributed by atoms with Gasteiger partial charge in [-0.15, -0.1) is 11.8 Å². The lowest BCUT2D eigenvalue weighted by atomic mass is 10.1. The summed E-state index contributed by atoms with van der Waals surface area (Å²) >= 11 is 1.43. The summed E-state index contributed by atoms with van der Waals surface area (Å²) in [5.41, 5.74) is 4.44. The lowest BCUT2D eigenvalue weighted by molar-refractivity contribution is -0.113. The van der Waals surface area contributed by atoms with Crippen molar-refractivity contribution in [1.29, 1.82) is 0 Å². The molecular weight excluding hydrogens is 416 g/mol. The van der Waals surface area contributed by atoms with E-state index in [2.05, 4.69) is 10.6 Å². The van der Waals surface area contributed by atoms with Crippen molar-refractivity contribution in [2.24, 2.45) is 0 Å². The van der Waals surface area contributed by atoms with Crippen LogP contribution in [0.15, 0.2) is 89.8 Å². The lowest BCUT2D eigenvalue weighted by Gasteiger charge is -2.09. The Balaban J connectivity index is 1.36. The molecule has 4 nitrogen and oxygen atoms in total. The Morgan fingerprint density at radius 3 is 2.31 bits per heavy atom. The predicted octanol–water partition coefficient (Wildman–Crippen LogP) is 6.44. The SMILES string of the molecule is Cc1ccc(NC(=O)CSc2cccc(NC(=O)c3ccc4ccccc4c3)c2)cc1C. The number of hydrogen-bond donors (Lipinski definition) is 2. The molecule has 0 unspecified atom stereocenters. The van der Waals surface area contributed by atoms with E-state index in [1.54, 1.807) is 0 Å². The molecule has 0 radical (unpaired) electrons. The van der Waals surface area contributed by atoms with Gasteiger partial charge in [0, 0.05) is 21.8 Å². The van der Waals surface area contributed by atoms with Crippen LogP contribution in [0.1, 0.15) is 21.5 Å². The highest BCUT2D eigenvalue weighted by molar-refractivity contribution is 8.00. The van der Waals surface area contributed by atoms with E-state index in [1.807, 2.05) is 98.8 Å². The van der Waals surface area contributed by atoms with Crippen LogP contribution in [-0.4, -0.2) is 17.6 Å². The van der Waals surface area contributed by atoms with Gasteiger partial charge in [0.15, 0.2) is 0 Å². The molecular formula is C27H24N2O2S. The van der Waals surface area contributed by atoms with E-state index in [4.69, 9.17) is 0 Å². The largest absolute Gasteiger partial charge is 0.325 e. The molecule has 32 heavy (non-hydrogen) atoms. The molecule has 5 heteroatoms. The van der Waals surface area contributed by atoms with Crippen molar-refractivity contribution in [3.63, 3.8) is 0 Å². The number of carbonyl (C=O) groups is 2. The number of nitrogens with one attached hydrogen (secondary N) is 2. The summed E-state index contributed by atoms with van der Waals surface area (Å²) in [6, 6.07) is 27.0. The van der Waals surface area contributed by atoms with Crippen LogP contribution >= 0.6 is 11.8 Å². The summed E-state index contributed by atoms with van der Waals surface area (Å²) in [4.78, 5) is 26.0. The summed E-state index contributed by atoms with van der Waals surface area (Å²) in [7, 11) is 0. The van der Waals surface area contributed by atoms with Crippen LogP contribution in [0, 0.1) is 13.8 Å². The fraction of sp³-hybridized carbons (Fsp3) is 0.111. The topological polar surface area (TPSA) is 58.2 Å². The van der Waals surface area contributed by atoms with Crippen LogP contribution in [0.3, 0.4) is 0 Å². The van der Waals surface area contributed by atoms with Gasteiger partial charge < -0.3 is 10.6 Å². The van der Waals surface area contributed by atoms with Crippen molar-refractivity contribution in [2.45, 2.75) is 18.7 Å². The minimum Gasteiger partial charge on any atom is -0.325 e. The standard InChI is InChI=1S/C27H24N2O2S/c1-18-10-13-24(14-19(18)2)28-26(30)17-32-25-9-5-8-23(16-25)29-27(31)22-12-11-20-6-3-4-7-21(20)15-22/h3-16H,17H2,1-2H3,(H,28,30)(H,29,31). The van der Waals surface area contributed by atoms with Gasteiger partial charge in [-0.3, -0.25) is 9.59 Å². The van der Waals surface area contributed by atoms with Crippen molar-refractivity contribution < 1.29 is 9.59 Å². The van der Waals surface area contributed by atoms with Crippen LogP contribution in [0.4, 0.5) is 11.4 Å². The zero-order valence-corrected chi connectivity index (χ0v) is 18.8. The van der Waals surface area contributed by atoms with E-state index in [0.29, 0.717) is 11.3 Å². The molecule has 0 aromatic heterocycles. The molecule has 2 amide bonds. The van der Waals surface area contributed by atoms with Gasteiger partial charge in [0.05, 0.1) is 5.75 Å². The number of thioether (sulfide) groups is 1. The molecule has 0 aliphatic heterocycles. The van der Waals surface area contributed by atoms with Gasteiger partial charge in [-0.1, -0.05) is 42.5 Å². The minimum atomic E-state index is -0.162. The van der Waals surface area contributed by atoms with E-state index in [0.717, 1.165) is 26.9 Å². The third-order valence-corrected chi connectivity index (χ3v) is 6.26. The van der Waals surface area contributed by atoms with Gasteiger partial charge in [0.2, 0.25) is 5.91 Å². The van der Waals surface area contributed by atoms with Gasteiger partial charge in [-0.2, -0.15) is 0 Å². The average Bonchev–Trinajstić information content (AvgIpc) is 2.80. The number of aryl methyl sites for hydroxylation is 2. The third-order valence-electron chi connectivity index (χ3n) is 5.26. The van der Waals surface area contributed by atoms with Crippen molar-refractivity contribution in [3.05, 3.63) is 102 Å². The first kappa shape index (κ1) is 21.7.